The Kier molecular flexibility index (Phi) is 2.43. The number of furan rings is 2. The Labute approximate surface area is 129 Å². The van der Waals surface area contributed by atoms with Gasteiger partial charge in [-0.1, -0.05) is 0 Å². The average molecular weight is 310 g/mol. The molecule has 0 saturated carbocycles. The van der Waals surface area contributed by atoms with Crippen LogP contribution in [0.25, 0.3) is 11.2 Å². The molecule has 4 rings (SSSR count). The zero-order chi connectivity index (χ0) is 16.5. The summed E-state index contributed by atoms with van der Waals surface area (Å²) in [6.45, 7) is 3.37. The van der Waals surface area contributed by atoms with E-state index in [2.05, 4.69) is 0 Å². The second-order valence-electron chi connectivity index (χ2n) is 5.55. The van der Waals surface area contributed by atoms with Gasteiger partial charge in [0.2, 0.25) is 0 Å². The summed E-state index contributed by atoms with van der Waals surface area (Å²) >= 11 is 0. The molecule has 1 aliphatic rings. The van der Waals surface area contributed by atoms with Gasteiger partial charge in [0.15, 0.2) is 0 Å². The highest BCUT2D eigenvalue weighted by Gasteiger charge is 2.43. The van der Waals surface area contributed by atoms with Crippen molar-refractivity contribution < 1.29 is 18.9 Å². The van der Waals surface area contributed by atoms with Gasteiger partial charge in [-0.15, -0.1) is 0 Å². The van der Waals surface area contributed by atoms with E-state index < -0.39 is 16.7 Å². The van der Waals surface area contributed by atoms with Crippen molar-refractivity contribution in [3.8, 4) is 0 Å². The van der Waals surface area contributed by atoms with Crippen molar-refractivity contribution in [3.63, 3.8) is 0 Å². The number of amides is 2. The van der Waals surface area contributed by atoms with Gasteiger partial charge in [0.1, 0.15) is 11.2 Å². The maximum Gasteiger partial charge on any atom is 0.272 e. The number of aryl methyl sites for hydroxylation is 2. The number of nitro benzene ring substituents is 1. The van der Waals surface area contributed by atoms with Crippen molar-refractivity contribution in [3.05, 3.63) is 56.6 Å². The topological polar surface area (TPSA) is 93.7 Å². The molecule has 0 spiro atoms. The molecule has 3 aromatic rings. The highest BCUT2D eigenvalue weighted by molar-refractivity contribution is 6.39. The van der Waals surface area contributed by atoms with Gasteiger partial charge in [-0.05, 0) is 37.6 Å². The largest absolute Gasteiger partial charge is 0.455 e. The Morgan fingerprint density at radius 2 is 1.74 bits per heavy atom. The van der Waals surface area contributed by atoms with Gasteiger partial charge in [-0.2, -0.15) is 0 Å². The van der Waals surface area contributed by atoms with Gasteiger partial charge < -0.3 is 4.42 Å². The van der Waals surface area contributed by atoms with Crippen molar-refractivity contribution in [2.75, 3.05) is 4.90 Å². The van der Waals surface area contributed by atoms with E-state index in [0.717, 1.165) is 10.5 Å². The fraction of sp³-hybridized carbons (Fsp3) is 0.125. The Balaban J connectivity index is 1.84. The van der Waals surface area contributed by atoms with E-state index in [1.54, 1.807) is 13.0 Å². The summed E-state index contributed by atoms with van der Waals surface area (Å²) < 4.78 is 5.46. The molecule has 0 fully saturated rings. The van der Waals surface area contributed by atoms with Gasteiger partial charge in [0.25, 0.3) is 17.5 Å². The number of anilines is 1. The number of imide groups is 1. The second-order valence-corrected chi connectivity index (χ2v) is 5.55. The molecule has 3 heterocycles. The molecule has 2 aromatic heterocycles. The molecule has 7 heteroatoms. The highest BCUT2D eigenvalue weighted by atomic mass is 16.6. The number of carbonyl (C=O) groups excluding carboxylic acids is 2. The van der Waals surface area contributed by atoms with E-state index in [1.165, 1.54) is 18.2 Å². The van der Waals surface area contributed by atoms with E-state index in [4.69, 9.17) is 4.42 Å². The summed E-state index contributed by atoms with van der Waals surface area (Å²) in [7, 11) is 0. The van der Waals surface area contributed by atoms with E-state index >= 15 is 0 Å². The standard InChI is InChI=1S/C16H10N2O5/c1-7-5-9(3-4-10(7)18(21)22)17-15(19)12-11-6-8(2)14(23-11)13(12)16(17)20/h3-6H,1-2H3. The number of fused-ring (bicyclic) bond motifs is 5. The first-order valence-corrected chi connectivity index (χ1v) is 6.89. The van der Waals surface area contributed by atoms with E-state index in [1.807, 2.05) is 6.92 Å². The third-order valence-corrected chi connectivity index (χ3v) is 4.11. The van der Waals surface area contributed by atoms with Crippen molar-refractivity contribution in [2.45, 2.75) is 13.8 Å². The monoisotopic (exact) mass is 310 g/mol. The lowest BCUT2D eigenvalue weighted by molar-refractivity contribution is -0.385. The molecule has 0 radical (unpaired) electrons. The number of hydrogen-bond acceptors (Lipinski definition) is 5. The van der Waals surface area contributed by atoms with Crippen LogP contribution in [0.4, 0.5) is 11.4 Å². The fourth-order valence-electron chi connectivity index (χ4n) is 3.04. The molecule has 1 aliphatic heterocycles. The molecule has 0 atom stereocenters. The lowest BCUT2D eigenvalue weighted by atomic mass is 10.1. The molecule has 0 aliphatic carbocycles. The number of benzene rings is 2. The molecule has 2 amide bonds. The minimum atomic E-state index is -0.502. The molecule has 23 heavy (non-hydrogen) atoms. The summed E-state index contributed by atoms with van der Waals surface area (Å²) in [6.07, 6.45) is 0. The van der Waals surface area contributed by atoms with Crippen LogP contribution in [0.1, 0.15) is 31.8 Å². The molecule has 1 aromatic carbocycles. The van der Waals surface area contributed by atoms with Crippen LogP contribution in [0.2, 0.25) is 0 Å². The predicted molar refractivity (Wildman–Crippen MR) is 81.1 cm³/mol. The molecule has 114 valence electrons. The maximum absolute atomic E-state index is 12.6. The van der Waals surface area contributed by atoms with Crippen LogP contribution in [-0.4, -0.2) is 16.7 Å². The Morgan fingerprint density at radius 1 is 1.04 bits per heavy atom. The van der Waals surface area contributed by atoms with Crippen molar-refractivity contribution in [1.82, 2.24) is 0 Å². The summed E-state index contributed by atoms with van der Waals surface area (Å²) in [5.41, 5.74) is 2.82. The van der Waals surface area contributed by atoms with Crippen LogP contribution in [0.5, 0.6) is 0 Å². The van der Waals surface area contributed by atoms with Crippen LogP contribution >= 0.6 is 0 Å². The van der Waals surface area contributed by atoms with Crippen molar-refractivity contribution in [2.24, 2.45) is 0 Å². The van der Waals surface area contributed by atoms with Crippen LogP contribution in [0.3, 0.4) is 0 Å². The summed E-state index contributed by atoms with van der Waals surface area (Å²) in [6, 6.07) is 5.89. The van der Waals surface area contributed by atoms with Crippen LogP contribution in [0.15, 0.2) is 28.7 Å². The van der Waals surface area contributed by atoms with E-state index in [-0.39, 0.29) is 16.8 Å². The minimum absolute atomic E-state index is 0.0574. The molecule has 7 nitrogen and oxygen atoms in total. The predicted octanol–water partition coefficient (Wildman–Crippen LogP) is 3.20. The van der Waals surface area contributed by atoms with Gasteiger partial charge in [0.05, 0.1) is 21.7 Å². The lowest BCUT2D eigenvalue weighted by Gasteiger charge is -2.14. The molecule has 0 N–H and O–H groups in total. The van der Waals surface area contributed by atoms with Crippen LogP contribution in [-0.2, 0) is 0 Å². The van der Waals surface area contributed by atoms with Crippen molar-refractivity contribution in [1.29, 1.82) is 0 Å². The number of nitrogens with zero attached hydrogens (tertiary/aromatic N) is 2. The molecular weight excluding hydrogens is 300 g/mol. The highest BCUT2D eigenvalue weighted by Crippen LogP contribution is 2.40. The number of nitro groups is 1. The van der Waals surface area contributed by atoms with Gasteiger partial charge in [-0.3, -0.25) is 19.7 Å². The molecule has 2 bridgehead atoms. The Bertz CT molecular complexity index is 1020. The lowest BCUT2D eigenvalue weighted by Crippen LogP contribution is -2.29. The zero-order valence-corrected chi connectivity index (χ0v) is 12.2. The SMILES string of the molecule is Cc1cc(N2C(=O)c3c(c4oc3cc4C)C2=O)ccc1[N+](=O)[O-]. The quantitative estimate of drug-likeness (QED) is 0.411. The van der Waals surface area contributed by atoms with Gasteiger partial charge in [-0.25, -0.2) is 4.90 Å². The third kappa shape index (κ3) is 1.58. The second kappa shape index (κ2) is 4.16. The first-order chi connectivity index (χ1) is 10.9. The molecule has 0 saturated heterocycles. The first-order valence-electron chi connectivity index (χ1n) is 6.89. The third-order valence-electron chi connectivity index (χ3n) is 4.11. The molecule has 0 unspecified atom stereocenters. The molecular formula is C16H10N2O5. The van der Waals surface area contributed by atoms with Gasteiger partial charge in [0, 0.05) is 11.6 Å². The summed E-state index contributed by atoms with van der Waals surface area (Å²) in [5, 5.41) is 10.9. The fourth-order valence-corrected chi connectivity index (χ4v) is 3.04. The minimum Gasteiger partial charge on any atom is -0.455 e. The zero-order valence-electron chi connectivity index (χ0n) is 12.2. The average Bonchev–Trinajstić information content (AvgIpc) is 3.10. The summed E-state index contributed by atoms with van der Waals surface area (Å²) in [4.78, 5) is 36.7. The summed E-state index contributed by atoms with van der Waals surface area (Å²) in [5.74, 6) is -0.928. The smallest absolute Gasteiger partial charge is 0.272 e. The first kappa shape index (κ1) is 13.4. The van der Waals surface area contributed by atoms with Crippen molar-refractivity contribution >= 4 is 34.4 Å². The van der Waals surface area contributed by atoms with E-state index in [9.17, 15) is 19.7 Å². The van der Waals surface area contributed by atoms with Gasteiger partial charge >= 0.3 is 0 Å². The Morgan fingerprint density at radius 3 is 2.39 bits per heavy atom. The normalized spacial score (nSPS) is 14.1. The number of hydrogen-bond donors (Lipinski definition) is 0. The Hall–Kier alpha value is -3.22. The number of carbonyl (C=O) groups is 2. The maximum atomic E-state index is 12.6. The van der Waals surface area contributed by atoms with Crippen LogP contribution in [0, 0.1) is 24.0 Å². The van der Waals surface area contributed by atoms with E-state index in [0.29, 0.717) is 22.4 Å². The number of rotatable bonds is 2. The van der Waals surface area contributed by atoms with Crippen LogP contribution < -0.4 is 4.90 Å².